The normalized spacial score (nSPS) is 16.7. The Kier molecular flexibility index (Phi) is 4.58. The molecule has 1 radical (unpaired) electrons. The highest BCUT2D eigenvalue weighted by atomic mass is 16.5. The van der Waals surface area contributed by atoms with E-state index in [4.69, 9.17) is 4.99 Å². The molecule has 1 heterocycles. The Morgan fingerprint density at radius 3 is 1.84 bits per heavy atom. The van der Waals surface area contributed by atoms with Crippen molar-refractivity contribution in [2.24, 2.45) is 4.99 Å². The van der Waals surface area contributed by atoms with Gasteiger partial charge in [-0.05, 0) is 79.6 Å². The lowest BCUT2D eigenvalue weighted by Gasteiger charge is -2.35. The van der Waals surface area contributed by atoms with Gasteiger partial charge in [-0.15, -0.1) is 0 Å². The van der Waals surface area contributed by atoms with Gasteiger partial charge >= 0.3 is 0 Å². The van der Waals surface area contributed by atoms with Crippen LogP contribution < -0.4 is 0 Å². The number of amidine groups is 1. The van der Waals surface area contributed by atoms with Crippen LogP contribution in [0.1, 0.15) is 44.4 Å². The lowest BCUT2D eigenvalue weighted by atomic mass is 9.84. The van der Waals surface area contributed by atoms with Crippen molar-refractivity contribution in [2.75, 3.05) is 0 Å². The van der Waals surface area contributed by atoms with E-state index in [0.717, 1.165) is 32.5 Å². The molecule has 0 unspecified atom stereocenters. The van der Waals surface area contributed by atoms with Crippen LogP contribution in [0.2, 0.25) is 0 Å². The molecule has 0 bridgehead atoms. The van der Waals surface area contributed by atoms with Crippen LogP contribution >= 0.6 is 0 Å². The topological polar surface area (TPSA) is 35.5 Å². The zero-order valence-electron chi connectivity index (χ0n) is 18.8. The Bertz CT molecular complexity index is 1380. The highest BCUT2D eigenvalue weighted by Crippen LogP contribution is 2.38. The molecule has 0 N–H and O–H groups in total. The first-order valence-electron chi connectivity index (χ1n) is 10.9. The largest absolute Gasteiger partial charge is 0.257 e. The molecule has 4 aromatic carbocycles. The zero-order valence-corrected chi connectivity index (χ0v) is 18.8. The monoisotopic (exact) mass is 417 g/mol. The summed E-state index contributed by atoms with van der Waals surface area (Å²) in [7, 11) is 0. The third kappa shape index (κ3) is 3.16. The molecule has 0 amide bonds. The van der Waals surface area contributed by atoms with Crippen LogP contribution in [-0.4, -0.2) is 22.0 Å². The second-order valence-electron chi connectivity index (χ2n) is 9.37. The maximum absolute atomic E-state index is 12.8. The average Bonchev–Trinajstić information content (AvgIpc) is 2.96. The first kappa shape index (κ1) is 20.3. The lowest BCUT2D eigenvalue weighted by Crippen LogP contribution is -2.50. The van der Waals surface area contributed by atoms with Crippen molar-refractivity contribution in [3.63, 3.8) is 0 Å². The zero-order chi connectivity index (χ0) is 22.5. The number of aliphatic imine (C=N–C) groups is 1. The van der Waals surface area contributed by atoms with E-state index < -0.39 is 11.1 Å². The minimum absolute atomic E-state index is 0.446. The Hall–Kier alpha value is -3.61. The fourth-order valence-corrected chi connectivity index (χ4v) is 4.13. The SMILES string of the molecule is CC1(C)N=C(c2ccc(C#Cc3c4ccccc4cc4ccccc34)cc2)N([O])C1(C)C. The minimum Gasteiger partial charge on any atom is -0.257 e. The van der Waals surface area contributed by atoms with E-state index in [-0.39, 0.29) is 0 Å². The van der Waals surface area contributed by atoms with E-state index in [9.17, 15) is 5.21 Å². The third-order valence-electron chi connectivity index (χ3n) is 6.83. The van der Waals surface area contributed by atoms with Crippen molar-refractivity contribution in [1.29, 1.82) is 0 Å². The summed E-state index contributed by atoms with van der Waals surface area (Å²) in [4.78, 5) is 4.71. The molecule has 5 rings (SSSR count). The second-order valence-corrected chi connectivity index (χ2v) is 9.37. The Morgan fingerprint density at radius 2 is 1.31 bits per heavy atom. The summed E-state index contributed by atoms with van der Waals surface area (Å²) >= 11 is 0. The predicted molar refractivity (Wildman–Crippen MR) is 131 cm³/mol. The van der Waals surface area contributed by atoms with Crippen molar-refractivity contribution in [2.45, 2.75) is 38.8 Å². The van der Waals surface area contributed by atoms with Gasteiger partial charge in [0.2, 0.25) is 0 Å². The predicted octanol–water partition coefficient (Wildman–Crippen LogP) is 6.36. The number of nitrogens with zero attached hydrogens (tertiary/aromatic N) is 2. The lowest BCUT2D eigenvalue weighted by molar-refractivity contribution is -0.158. The van der Waals surface area contributed by atoms with Gasteiger partial charge in [0, 0.05) is 16.7 Å². The molecular weight excluding hydrogens is 392 g/mol. The number of hydrogen-bond acceptors (Lipinski definition) is 2. The van der Waals surface area contributed by atoms with Gasteiger partial charge in [0.15, 0.2) is 5.84 Å². The van der Waals surface area contributed by atoms with Crippen molar-refractivity contribution < 1.29 is 5.21 Å². The van der Waals surface area contributed by atoms with Crippen LogP contribution in [0, 0.1) is 11.8 Å². The van der Waals surface area contributed by atoms with E-state index >= 15 is 0 Å². The number of benzene rings is 4. The molecule has 0 atom stereocenters. The molecule has 157 valence electrons. The molecule has 0 saturated carbocycles. The van der Waals surface area contributed by atoms with Crippen LogP contribution in [0.4, 0.5) is 0 Å². The number of fused-ring (bicyclic) bond motifs is 2. The maximum atomic E-state index is 12.8. The minimum atomic E-state index is -0.587. The molecule has 0 fully saturated rings. The smallest absolute Gasteiger partial charge is 0.159 e. The van der Waals surface area contributed by atoms with E-state index in [1.165, 1.54) is 10.8 Å². The molecule has 1 aliphatic heterocycles. The van der Waals surface area contributed by atoms with Crippen LogP contribution in [-0.2, 0) is 5.21 Å². The van der Waals surface area contributed by atoms with E-state index in [1.807, 2.05) is 52.0 Å². The third-order valence-corrected chi connectivity index (χ3v) is 6.83. The van der Waals surface area contributed by atoms with E-state index in [1.54, 1.807) is 0 Å². The molecule has 3 heteroatoms. The summed E-state index contributed by atoms with van der Waals surface area (Å²) in [5, 5.41) is 18.6. The average molecular weight is 418 g/mol. The summed E-state index contributed by atoms with van der Waals surface area (Å²) in [5.41, 5.74) is 1.73. The molecule has 0 spiro atoms. The number of rotatable bonds is 1. The van der Waals surface area contributed by atoms with Crippen LogP contribution in [0.25, 0.3) is 21.5 Å². The van der Waals surface area contributed by atoms with Crippen molar-refractivity contribution in [3.05, 3.63) is 95.6 Å². The Labute approximate surface area is 189 Å². The van der Waals surface area contributed by atoms with Crippen LogP contribution in [0.5, 0.6) is 0 Å². The summed E-state index contributed by atoms with van der Waals surface area (Å²) in [6.45, 7) is 7.87. The van der Waals surface area contributed by atoms with Crippen molar-refractivity contribution >= 4 is 27.4 Å². The van der Waals surface area contributed by atoms with Gasteiger partial charge in [-0.1, -0.05) is 65.6 Å². The first-order chi connectivity index (χ1) is 15.3. The van der Waals surface area contributed by atoms with Crippen LogP contribution in [0.15, 0.2) is 83.9 Å². The summed E-state index contributed by atoms with van der Waals surface area (Å²) < 4.78 is 0. The van der Waals surface area contributed by atoms with Gasteiger partial charge in [-0.3, -0.25) is 4.99 Å². The van der Waals surface area contributed by atoms with Gasteiger partial charge in [0.05, 0.1) is 11.1 Å². The Morgan fingerprint density at radius 1 is 0.750 bits per heavy atom. The highest BCUT2D eigenvalue weighted by molar-refractivity contribution is 6.04. The molecule has 0 aromatic heterocycles. The molecule has 1 aliphatic rings. The molecule has 3 nitrogen and oxygen atoms in total. The van der Waals surface area contributed by atoms with Gasteiger partial charge in [0.25, 0.3) is 0 Å². The molecular formula is C29H25N2O. The van der Waals surface area contributed by atoms with Crippen molar-refractivity contribution in [1.82, 2.24) is 5.06 Å². The van der Waals surface area contributed by atoms with E-state index in [2.05, 4.69) is 66.4 Å². The first-order valence-corrected chi connectivity index (χ1v) is 10.9. The number of hydrogen-bond donors (Lipinski definition) is 0. The fourth-order valence-electron chi connectivity index (χ4n) is 4.13. The van der Waals surface area contributed by atoms with Crippen LogP contribution in [0.3, 0.4) is 0 Å². The second kappa shape index (κ2) is 7.22. The van der Waals surface area contributed by atoms with Gasteiger partial charge in [0.1, 0.15) is 0 Å². The fraction of sp³-hybridized carbons (Fsp3) is 0.207. The molecule has 32 heavy (non-hydrogen) atoms. The maximum Gasteiger partial charge on any atom is 0.159 e. The highest BCUT2D eigenvalue weighted by Gasteiger charge is 2.50. The summed E-state index contributed by atoms with van der Waals surface area (Å²) in [6, 6.07) is 26.7. The molecule has 0 aliphatic carbocycles. The van der Waals surface area contributed by atoms with Gasteiger partial charge in [-0.25, -0.2) is 0 Å². The molecule has 4 aromatic rings. The van der Waals surface area contributed by atoms with Crippen molar-refractivity contribution in [3.8, 4) is 11.8 Å². The molecule has 0 saturated heterocycles. The Balaban J connectivity index is 1.54. The quantitative estimate of drug-likeness (QED) is 0.262. The number of hydroxylamine groups is 2. The summed E-state index contributed by atoms with van der Waals surface area (Å²) in [6.07, 6.45) is 0. The van der Waals surface area contributed by atoms with Gasteiger partial charge in [-0.2, -0.15) is 5.06 Å². The van der Waals surface area contributed by atoms with Gasteiger partial charge < -0.3 is 0 Å². The van der Waals surface area contributed by atoms with E-state index in [0.29, 0.717) is 5.84 Å². The standard InChI is InChI=1S/C29H25N2O/c1-28(2)29(3,4)31(32)27(30-28)21-16-13-20(14-17-21)15-18-26-24-11-7-5-9-22(24)19-23-10-6-8-12-25(23)26/h5-14,16-17,19H,1-4H3. The summed E-state index contributed by atoms with van der Waals surface area (Å²) in [5.74, 6) is 7.23.